The van der Waals surface area contributed by atoms with Crippen LogP contribution in [0.3, 0.4) is 0 Å². The van der Waals surface area contributed by atoms with E-state index in [0.29, 0.717) is 12.6 Å². The maximum atomic E-state index is 6.24. The summed E-state index contributed by atoms with van der Waals surface area (Å²) in [5.41, 5.74) is 8.12. The van der Waals surface area contributed by atoms with Crippen LogP contribution in [0.4, 0.5) is 11.4 Å². The summed E-state index contributed by atoms with van der Waals surface area (Å²) >= 11 is 0. The zero-order chi connectivity index (χ0) is 13.8. The highest BCUT2D eigenvalue weighted by molar-refractivity contribution is 5.74. The topological polar surface area (TPSA) is 38.5 Å². The van der Waals surface area contributed by atoms with E-state index >= 15 is 0 Å². The molecule has 2 atom stereocenters. The third-order valence-corrected chi connectivity index (χ3v) is 4.18. The average Bonchev–Trinajstić information content (AvgIpc) is 2.41. The van der Waals surface area contributed by atoms with Gasteiger partial charge in [-0.25, -0.2) is 0 Å². The number of anilines is 2. The second-order valence-electron chi connectivity index (χ2n) is 5.66. The van der Waals surface area contributed by atoms with Crippen molar-refractivity contribution in [2.75, 3.05) is 24.3 Å². The molecule has 1 aromatic carbocycles. The molecule has 2 N–H and O–H groups in total. The van der Waals surface area contributed by atoms with Crippen molar-refractivity contribution < 1.29 is 4.74 Å². The molecule has 0 amide bonds. The molecule has 106 valence electrons. The summed E-state index contributed by atoms with van der Waals surface area (Å²) in [6, 6.07) is 6.67. The van der Waals surface area contributed by atoms with Gasteiger partial charge in [-0.1, -0.05) is 25.8 Å². The number of hydrogen-bond donors (Lipinski definition) is 1. The minimum atomic E-state index is 0.600. The van der Waals surface area contributed by atoms with Crippen molar-refractivity contribution in [1.82, 2.24) is 0 Å². The van der Waals surface area contributed by atoms with Crippen molar-refractivity contribution in [3.05, 3.63) is 18.2 Å². The van der Waals surface area contributed by atoms with Gasteiger partial charge in [0.2, 0.25) is 0 Å². The zero-order valence-electron chi connectivity index (χ0n) is 12.4. The minimum absolute atomic E-state index is 0.600. The Balaban J connectivity index is 2.18. The Labute approximate surface area is 116 Å². The molecular weight excluding hydrogens is 236 g/mol. The molecule has 0 aromatic heterocycles. The molecule has 2 unspecified atom stereocenters. The minimum Gasteiger partial charge on any atom is -0.492 e. The lowest BCUT2D eigenvalue weighted by Crippen LogP contribution is -2.36. The Morgan fingerprint density at radius 3 is 2.84 bits per heavy atom. The molecule has 0 spiro atoms. The van der Waals surface area contributed by atoms with E-state index in [-0.39, 0.29) is 0 Å². The molecule has 3 nitrogen and oxygen atoms in total. The number of nitrogens with two attached hydrogens (primary N) is 1. The van der Waals surface area contributed by atoms with E-state index in [2.05, 4.69) is 24.9 Å². The molecule has 1 saturated carbocycles. The first kappa shape index (κ1) is 14.0. The van der Waals surface area contributed by atoms with Gasteiger partial charge in [-0.2, -0.15) is 0 Å². The molecule has 1 aliphatic rings. The number of nitrogens with zero attached hydrogens (tertiary/aromatic N) is 1. The normalized spacial score (nSPS) is 23.1. The van der Waals surface area contributed by atoms with E-state index in [0.717, 1.165) is 23.0 Å². The van der Waals surface area contributed by atoms with Gasteiger partial charge < -0.3 is 15.4 Å². The SMILES string of the molecule is CCOc1cccc(N(C)C2CCCC(C)C2)c1N. The molecule has 0 bridgehead atoms. The van der Waals surface area contributed by atoms with Gasteiger partial charge in [0.1, 0.15) is 5.75 Å². The first-order chi connectivity index (χ1) is 9.13. The number of para-hydroxylation sites is 1. The number of nitrogen functional groups attached to an aromatic ring is 1. The highest BCUT2D eigenvalue weighted by Crippen LogP contribution is 2.36. The summed E-state index contributed by atoms with van der Waals surface area (Å²) < 4.78 is 5.58. The van der Waals surface area contributed by atoms with Gasteiger partial charge in [0.15, 0.2) is 0 Å². The molecule has 0 aliphatic heterocycles. The lowest BCUT2D eigenvalue weighted by Gasteiger charge is -2.36. The fraction of sp³-hybridized carbons (Fsp3) is 0.625. The van der Waals surface area contributed by atoms with Crippen molar-refractivity contribution in [2.24, 2.45) is 5.92 Å². The van der Waals surface area contributed by atoms with Gasteiger partial charge in [-0.15, -0.1) is 0 Å². The largest absolute Gasteiger partial charge is 0.492 e. The third-order valence-electron chi connectivity index (χ3n) is 4.18. The maximum Gasteiger partial charge on any atom is 0.144 e. The fourth-order valence-corrected chi connectivity index (χ4v) is 3.07. The van der Waals surface area contributed by atoms with Gasteiger partial charge in [0, 0.05) is 13.1 Å². The van der Waals surface area contributed by atoms with Crippen LogP contribution in [-0.4, -0.2) is 19.7 Å². The number of ether oxygens (including phenoxy) is 1. The zero-order valence-corrected chi connectivity index (χ0v) is 12.4. The van der Waals surface area contributed by atoms with Gasteiger partial charge in [0.05, 0.1) is 18.0 Å². The number of benzene rings is 1. The smallest absolute Gasteiger partial charge is 0.144 e. The monoisotopic (exact) mass is 262 g/mol. The second-order valence-corrected chi connectivity index (χ2v) is 5.66. The maximum absolute atomic E-state index is 6.24. The molecule has 1 fully saturated rings. The van der Waals surface area contributed by atoms with Crippen molar-refractivity contribution in [2.45, 2.75) is 45.6 Å². The van der Waals surface area contributed by atoms with Gasteiger partial charge in [-0.05, 0) is 37.8 Å². The quantitative estimate of drug-likeness (QED) is 0.841. The van der Waals surface area contributed by atoms with Gasteiger partial charge in [0.25, 0.3) is 0 Å². The Morgan fingerprint density at radius 1 is 1.37 bits per heavy atom. The van der Waals surface area contributed by atoms with E-state index in [1.165, 1.54) is 25.7 Å². The Bertz CT molecular complexity index is 419. The van der Waals surface area contributed by atoms with Gasteiger partial charge in [-0.3, -0.25) is 0 Å². The Morgan fingerprint density at radius 2 is 2.16 bits per heavy atom. The molecule has 1 aromatic rings. The van der Waals surface area contributed by atoms with Crippen LogP contribution in [0.5, 0.6) is 5.75 Å². The molecule has 1 aliphatic carbocycles. The highest BCUT2D eigenvalue weighted by Gasteiger charge is 2.24. The van der Waals surface area contributed by atoms with Gasteiger partial charge >= 0.3 is 0 Å². The van der Waals surface area contributed by atoms with Crippen LogP contribution < -0.4 is 15.4 Å². The molecular formula is C16H26N2O. The first-order valence-electron chi connectivity index (χ1n) is 7.37. The summed E-state index contributed by atoms with van der Waals surface area (Å²) in [6.45, 7) is 4.98. The highest BCUT2D eigenvalue weighted by atomic mass is 16.5. The predicted molar refractivity (Wildman–Crippen MR) is 81.8 cm³/mol. The Kier molecular flexibility index (Phi) is 4.56. The van der Waals surface area contributed by atoms with Crippen molar-refractivity contribution in [1.29, 1.82) is 0 Å². The predicted octanol–water partition coefficient (Wildman–Crippen LogP) is 3.68. The van der Waals surface area contributed by atoms with Crippen molar-refractivity contribution in [3.63, 3.8) is 0 Å². The van der Waals surface area contributed by atoms with E-state index in [4.69, 9.17) is 10.5 Å². The average molecular weight is 262 g/mol. The fourth-order valence-electron chi connectivity index (χ4n) is 3.07. The number of hydrogen-bond acceptors (Lipinski definition) is 3. The summed E-state index contributed by atoms with van der Waals surface area (Å²) in [5.74, 6) is 1.62. The van der Waals surface area contributed by atoms with Crippen LogP contribution in [-0.2, 0) is 0 Å². The third kappa shape index (κ3) is 3.14. The van der Waals surface area contributed by atoms with E-state index in [1.54, 1.807) is 0 Å². The lowest BCUT2D eigenvalue weighted by molar-refractivity contribution is 0.334. The van der Waals surface area contributed by atoms with Crippen LogP contribution >= 0.6 is 0 Å². The summed E-state index contributed by atoms with van der Waals surface area (Å²) in [4.78, 5) is 2.34. The molecule has 0 radical (unpaired) electrons. The molecule has 0 saturated heterocycles. The molecule has 0 heterocycles. The summed E-state index contributed by atoms with van der Waals surface area (Å²) in [6.07, 6.45) is 5.20. The van der Waals surface area contributed by atoms with Crippen molar-refractivity contribution >= 4 is 11.4 Å². The van der Waals surface area contributed by atoms with Crippen LogP contribution in [0.15, 0.2) is 18.2 Å². The molecule has 2 rings (SSSR count). The van der Waals surface area contributed by atoms with Crippen molar-refractivity contribution in [3.8, 4) is 5.75 Å². The lowest BCUT2D eigenvalue weighted by atomic mass is 9.86. The second kappa shape index (κ2) is 6.18. The van der Waals surface area contributed by atoms with E-state index in [9.17, 15) is 0 Å². The van der Waals surface area contributed by atoms with Crippen LogP contribution in [0.1, 0.15) is 39.5 Å². The molecule has 19 heavy (non-hydrogen) atoms. The van der Waals surface area contributed by atoms with E-state index in [1.807, 2.05) is 19.1 Å². The number of rotatable bonds is 4. The Hall–Kier alpha value is -1.38. The van der Waals surface area contributed by atoms with E-state index < -0.39 is 0 Å². The van der Waals surface area contributed by atoms with Crippen LogP contribution in [0, 0.1) is 5.92 Å². The molecule has 3 heteroatoms. The standard InChI is InChI=1S/C16H26N2O/c1-4-19-15-10-6-9-14(16(15)17)18(3)13-8-5-7-12(2)11-13/h6,9-10,12-13H,4-5,7-8,11,17H2,1-3H3. The summed E-state index contributed by atoms with van der Waals surface area (Å²) in [7, 11) is 2.16. The first-order valence-corrected chi connectivity index (χ1v) is 7.37. The van der Waals surface area contributed by atoms with Crippen LogP contribution in [0.25, 0.3) is 0 Å². The van der Waals surface area contributed by atoms with Crippen LogP contribution in [0.2, 0.25) is 0 Å². The summed E-state index contributed by atoms with van der Waals surface area (Å²) in [5, 5.41) is 0.